The molecule has 22 heavy (non-hydrogen) atoms. The van der Waals surface area contributed by atoms with Gasteiger partial charge in [-0.25, -0.2) is 0 Å². The SMILES string of the molecule is CC(C)(C)CNC1(Cc2cc(-c3ccccn3)on2)COC1. The second-order valence-corrected chi connectivity index (χ2v) is 7.26. The van der Waals surface area contributed by atoms with Crippen LogP contribution in [-0.4, -0.2) is 35.4 Å². The van der Waals surface area contributed by atoms with Crippen molar-refractivity contribution < 1.29 is 9.26 Å². The molecule has 1 saturated heterocycles. The van der Waals surface area contributed by atoms with Crippen molar-refractivity contribution in [3.8, 4) is 11.5 Å². The minimum Gasteiger partial charge on any atom is -0.377 e. The number of hydrogen-bond donors (Lipinski definition) is 1. The maximum Gasteiger partial charge on any atom is 0.185 e. The Kier molecular flexibility index (Phi) is 4.02. The molecule has 2 aromatic rings. The summed E-state index contributed by atoms with van der Waals surface area (Å²) >= 11 is 0. The van der Waals surface area contributed by atoms with Gasteiger partial charge in [-0.3, -0.25) is 4.98 Å². The summed E-state index contributed by atoms with van der Waals surface area (Å²) in [6.07, 6.45) is 2.56. The van der Waals surface area contributed by atoms with Crippen LogP contribution in [0.2, 0.25) is 0 Å². The smallest absolute Gasteiger partial charge is 0.185 e. The van der Waals surface area contributed by atoms with Gasteiger partial charge in [0.25, 0.3) is 0 Å². The first-order valence-corrected chi connectivity index (χ1v) is 7.66. The van der Waals surface area contributed by atoms with Crippen molar-refractivity contribution in [2.75, 3.05) is 19.8 Å². The van der Waals surface area contributed by atoms with Gasteiger partial charge >= 0.3 is 0 Å². The lowest BCUT2D eigenvalue weighted by atomic mass is 9.88. The number of nitrogens with one attached hydrogen (secondary N) is 1. The van der Waals surface area contributed by atoms with Crippen molar-refractivity contribution in [1.82, 2.24) is 15.5 Å². The monoisotopic (exact) mass is 301 g/mol. The third-order valence-corrected chi connectivity index (χ3v) is 3.75. The molecule has 0 atom stereocenters. The molecule has 3 rings (SSSR count). The molecule has 0 bridgehead atoms. The van der Waals surface area contributed by atoms with Crippen molar-refractivity contribution in [2.45, 2.75) is 32.7 Å². The highest BCUT2D eigenvalue weighted by Gasteiger charge is 2.39. The maximum atomic E-state index is 5.43. The Morgan fingerprint density at radius 2 is 2.09 bits per heavy atom. The van der Waals surface area contributed by atoms with Crippen molar-refractivity contribution in [2.24, 2.45) is 5.41 Å². The van der Waals surface area contributed by atoms with E-state index >= 15 is 0 Å². The highest BCUT2D eigenvalue weighted by atomic mass is 16.5. The third-order valence-electron chi connectivity index (χ3n) is 3.75. The molecule has 5 heteroatoms. The van der Waals surface area contributed by atoms with Crippen LogP contribution in [0.3, 0.4) is 0 Å². The molecule has 1 N–H and O–H groups in total. The van der Waals surface area contributed by atoms with E-state index < -0.39 is 0 Å². The predicted molar refractivity (Wildman–Crippen MR) is 84.4 cm³/mol. The van der Waals surface area contributed by atoms with Gasteiger partial charge in [-0.1, -0.05) is 32.0 Å². The van der Waals surface area contributed by atoms with Crippen LogP contribution in [0.15, 0.2) is 35.0 Å². The van der Waals surface area contributed by atoms with E-state index in [2.05, 4.69) is 36.2 Å². The average Bonchev–Trinajstić information content (AvgIpc) is 2.90. The highest BCUT2D eigenvalue weighted by Crippen LogP contribution is 2.26. The average molecular weight is 301 g/mol. The molecule has 0 radical (unpaired) electrons. The van der Waals surface area contributed by atoms with Crippen molar-refractivity contribution >= 4 is 0 Å². The Morgan fingerprint density at radius 3 is 2.68 bits per heavy atom. The molecule has 1 aliphatic heterocycles. The Bertz CT molecular complexity index is 612. The number of hydrogen-bond acceptors (Lipinski definition) is 5. The van der Waals surface area contributed by atoms with E-state index in [1.165, 1.54) is 0 Å². The zero-order valence-corrected chi connectivity index (χ0v) is 13.4. The topological polar surface area (TPSA) is 60.2 Å². The van der Waals surface area contributed by atoms with Gasteiger partial charge in [0, 0.05) is 25.2 Å². The van der Waals surface area contributed by atoms with Gasteiger partial charge in [-0.2, -0.15) is 0 Å². The Morgan fingerprint density at radius 1 is 1.27 bits per heavy atom. The number of nitrogens with zero attached hydrogens (tertiary/aromatic N) is 2. The molecule has 0 aromatic carbocycles. The number of rotatable bonds is 5. The van der Waals surface area contributed by atoms with Crippen LogP contribution in [0.5, 0.6) is 0 Å². The van der Waals surface area contributed by atoms with Gasteiger partial charge in [0.05, 0.1) is 24.4 Å². The molecule has 1 aliphatic rings. The fourth-order valence-corrected chi connectivity index (χ4v) is 2.44. The predicted octanol–water partition coefficient (Wildman–Crippen LogP) is 2.68. The summed E-state index contributed by atoms with van der Waals surface area (Å²) < 4.78 is 10.9. The number of pyridine rings is 1. The molecular formula is C17H23N3O2. The van der Waals surface area contributed by atoms with Crippen LogP contribution in [0.25, 0.3) is 11.5 Å². The molecule has 0 amide bonds. The van der Waals surface area contributed by atoms with Gasteiger partial charge in [0.15, 0.2) is 5.76 Å². The molecule has 0 aliphatic carbocycles. The lowest BCUT2D eigenvalue weighted by molar-refractivity contribution is -0.0774. The molecular weight excluding hydrogens is 278 g/mol. The molecule has 1 fully saturated rings. The van der Waals surface area contributed by atoms with Crippen LogP contribution < -0.4 is 5.32 Å². The fourth-order valence-electron chi connectivity index (χ4n) is 2.44. The van der Waals surface area contributed by atoms with Gasteiger partial charge in [0.1, 0.15) is 5.69 Å². The second-order valence-electron chi connectivity index (χ2n) is 7.26. The largest absolute Gasteiger partial charge is 0.377 e. The van der Waals surface area contributed by atoms with Crippen molar-refractivity contribution in [3.63, 3.8) is 0 Å². The number of ether oxygens (including phenoxy) is 1. The van der Waals surface area contributed by atoms with Crippen LogP contribution in [-0.2, 0) is 11.2 Å². The zero-order valence-electron chi connectivity index (χ0n) is 13.4. The summed E-state index contributed by atoms with van der Waals surface area (Å²) in [5.41, 5.74) is 1.96. The minimum absolute atomic E-state index is 0.0223. The van der Waals surface area contributed by atoms with E-state index in [9.17, 15) is 0 Å². The van der Waals surface area contributed by atoms with E-state index in [0.29, 0.717) is 5.76 Å². The van der Waals surface area contributed by atoms with E-state index in [1.54, 1.807) is 6.20 Å². The first-order chi connectivity index (χ1) is 10.5. The van der Waals surface area contributed by atoms with Crippen molar-refractivity contribution in [3.05, 3.63) is 36.2 Å². The fraction of sp³-hybridized carbons (Fsp3) is 0.529. The van der Waals surface area contributed by atoms with Crippen LogP contribution in [0.1, 0.15) is 26.5 Å². The molecule has 2 aromatic heterocycles. The molecule has 118 valence electrons. The van der Waals surface area contributed by atoms with Crippen molar-refractivity contribution in [1.29, 1.82) is 0 Å². The van der Waals surface area contributed by atoms with Gasteiger partial charge in [-0.05, 0) is 17.5 Å². The highest BCUT2D eigenvalue weighted by molar-refractivity contribution is 5.51. The third kappa shape index (κ3) is 3.54. The standard InChI is InChI=1S/C17H23N3O2/c1-16(2,3)10-19-17(11-21-12-17)9-13-8-15(22-20-13)14-6-4-5-7-18-14/h4-8,19H,9-12H2,1-3H3. The van der Waals surface area contributed by atoms with Crippen LogP contribution >= 0.6 is 0 Å². The lowest BCUT2D eigenvalue weighted by Gasteiger charge is -2.43. The normalized spacial score (nSPS) is 17.2. The van der Waals surface area contributed by atoms with E-state index in [4.69, 9.17) is 9.26 Å². The van der Waals surface area contributed by atoms with Crippen LogP contribution in [0, 0.1) is 5.41 Å². The number of aromatic nitrogens is 2. The zero-order chi connectivity index (χ0) is 15.6. The summed E-state index contributed by atoms with van der Waals surface area (Å²) in [7, 11) is 0. The Labute approximate surface area is 131 Å². The Hall–Kier alpha value is -1.72. The second kappa shape index (κ2) is 5.82. The lowest BCUT2D eigenvalue weighted by Crippen LogP contribution is -2.63. The van der Waals surface area contributed by atoms with Gasteiger partial charge < -0.3 is 14.6 Å². The summed E-state index contributed by atoms with van der Waals surface area (Å²) in [5, 5.41) is 7.84. The molecule has 0 saturated carbocycles. The summed E-state index contributed by atoms with van der Waals surface area (Å²) in [5.74, 6) is 0.710. The van der Waals surface area contributed by atoms with Gasteiger partial charge in [0.2, 0.25) is 0 Å². The van der Waals surface area contributed by atoms with Crippen LogP contribution in [0.4, 0.5) is 0 Å². The summed E-state index contributed by atoms with van der Waals surface area (Å²) in [4.78, 5) is 4.29. The molecule has 3 heterocycles. The minimum atomic E-state index is -0.0223. The summed E-state index contributed by atoms with van der Waals surface area (Å²) in [6, 6.07) is 7.72. The summed E-state index contributed by atoms with van der Waals surface area (Å²) in [6.45, 7) is 9.05. The quantitative estimate of drug-likeness (QED) is 0.920. The molecule has 0 unspecified atom stereocenters. The first-order valence-electron chi connectivity index (χ1n) is 7.66. The Balaban J connectivity index is 1.68. The first kappa shape index (κ1) is 15.2. The van der Waals surface area contributed by atoms with E-state index in [-0.39, 0.29) is 11.0 Å². The molecule has 5 nitrogen and oxygen atoms in total. The molecule has 0 spiro atoms. The maximum absolute atomic E-state index is 5.43. The van der Waals surface area contributed by atoms with E-state index in [1.807, 2.05) is 24.3 Å². The van der Waals surface area contributed by atoms with Gasteiger partial charge in [-0.15, -0.1) is 0 Å². The van der Waals surface area contributed by atoms with E-state index in [0.717, 1.165) is 37.6 Å².